The van der Waals surface area contributed by atoms with Gasteiger partial charge in [-0.05, 0) is 44.1 Å². The van der Waals surface area contributed by atoms with E-state index in [1.165, 1.54) is 45.2 Å². The van der Waals surface area contributed by atoms with Crippen molar-refractivity contribution in [1.82, 2.24) is 25.1 Å². The zero-order valence-corrected chi connectivity index (χ0v) is 20.8. The summed E-state index contributed by atoms with van der Waals surface area (Å²) in [7, 11) is 0. The first-order valence-electron chi connectivity index (χ1n) is 11.6. The van der Waals surface area contributed by atoms with Crippen LogP contribution >= 0.6 is 24.0 Å². The first-order valence-corrected chi connectivity index (χ1v) is 11.6. The van der Waals surface area contributed by atoms with Crippen LogP contribution < -0.4 is 10.2 Å². The second kappa shape index (κ2) is 11.5. The van der Waals surface area contributed by atoms with Crippen LogP contribution in [-0.4, -0.2) is 84.6 Å². The first kappa shape index (κ1) is 23.5. The van der Waals surface area contributed by atoms with Crippen molar-refractivity contribution in [2.75, 3.05) is 63.8 Å². The van der Waals surface area contributed by atoms with Crippen molar-refractivity contribution in [1.29, 1.82) is 0 Å². The maximum atomic E-state index is 4.97. The van der Waals surface area contributed by atoms with Crippen molar-refractivity contribution in [2.24, 2.45) is 10.4 Å². The fraction of sp³-hybridized carbons (Fsp3) is 0.773. The minimum absolute atomic E-state index is 0. The van der Waals surface area contributed by atoms with Gasteiger partial charge in [-0.3, -0.25) is 9.89 Å². The maximum Gasteiger partial charge on any atom is 0.225 e. The number of nitrogens with one attached hydrogen (secondary N) is 1. The molecule has 3 aliphatic rings. The number of nitrogens with zero attached hydrogens (tertiary/aromatic N) is 6. The number of hydrogen-bond acceptors (Lipinski definition) is 5. The first-order chi connectivity index (χ1) is 14.3. The van der Waals surface area contributed by atoms with Crippen molar-refractivity contribution >= 4 is 35.9 Å². The molecule has 8 heteroatoms. The van der Waals surface area contributed by atoms with Gasteiger partial charge in [0, 0.05) is 71.3 Å². The van der Waals surface area contributed by atoms with Gasteiger partial charge in [0.15, 0.2) is 5.96 Å². The SMILES string of the molecule is CCNC(=NCCCN1CCN(c2ncccn2)CC1)N1CCC2(CCCC2)C1.I. The predicted molar refractivity (Wildman–Crippen MR) is 134 cm³/mol. The van der Waals surface area contributed by atoms with Gasteiger partial charge in [0.25, 0.3) is 0 Å². The number of anilines is 1. The quantitative estimate of drug-likeness (QED) is 0.266. The Morgan fingerprint density at radius 2 is 1.80 bits per heavy atom. The highest BCUT2D eigenvalue weighted by Gasteiger charge is 2.41. The topological polar surface area (TPSA) is 59.9 Å². The summed E-state index contributed by atoms with van der Waals surface area (Å²) in [6.45, 7) is 11.7. The molecule has 1 spiro atoms. The highest BCUT2D eigenvalue weighted by Crippen LogP contribution is 2.45. The summed E-state index contributed by atoms with van der Waals surface area (Å²) in [6.07, 6.45) is 11.8. The largest absolute Gasteiger partial charge is 0.357 e. The smallest absolute Gasteiger partial charge is 0.225 e. The number of piperazine rings is 1. The van der Waals surface area contributed by atoms with E-state index in [1.54, 1.807) is 0 Å². The Morgan fingerprint density at radius 1 is 1.07 bits per heavy atom. The van der Waals surface area contributed by atoms with Crippen molar-refractivity contribution in [3.05, 3.63) is 18.5 Å². The second-order valence-corrected chi connectivity index (χ2v) is 8.85. The van der Waals surface area contributed by atoms with Crippen LogP contribution in [0.25, 0.3) is 0 Å². The van der Waals surface area contributed by atoms with Crippen LogP contribution in [0.1, 0.15) is 45.4 Å². The lowest BCUT2D eigenvalue weighted by atomic mass is 9.86. The molecule has 1 aromatic rings. The number of guanidine groups is 1. The van der Waals surface area contributed by atoms with E-state index in [1.807, 2.05) is 18.5 Å². The highest BCUT2D eigenvalue weighted by molar-refractivity contribution is 14.0. The molecule has 2 saturated heterocycles. The summed E-state index contributed by atoms with van der Waals surface area (Å²) >= 11 is 0. The molecular weight excluding hydrogens is 489 g/mol. The average molecular weight is 527 g/mol. The molecule has 1 saturated carbocycles. The molecule has 1 N–H and O–H groups in total. The summed E-state index contributed by atoms with van der Waals surface area (Å²) in [4.78, 5) is 21.1. The van der Waals surface area contributed by atoms with E-state index in [2.05, 4.69) is 36.9 Å². The molecule has 3 heterocycles. The number of likely N-dealkylation sites (tertiary alicyclic amines) is 1. The van der Waals surface area contributed by atoms with E-state index < -0.39 is 0 Å². The molecule has 168 valence electrons. The molecular formula is C22H38IN7. The van der Waals surface area contributed by atoms with Crippen LogP contribution in [0, 0.1) is 5.41 Å². The van der Waals surface area contributed by atoms with E-state index in [0.717, 1.165) is 64.1 Å². The fourth-order valence-corrected chi connectivity index (χ4v) is 5.18. The highest BCUT2D eigenvalue weighted by atomic mass is 127. The van der Waals surface area contributed by atoms with E-state index in [0.29, 0.717) is 5.41 Å². The molecule has 4 rings (SSSR count). The summed E-state index contributed by atoms with van der Waals surface area (Å²) in [5, 5.41) is 3.54. The summed E-state index contributed by atoms with van der Waals surface area (Å²) in [5.74, 6) is 2.00. The van der Waals surface area contributed by atoms with Gasteiger partial charge in [0.05, 0.1) is 0 Å². The van der Waals surface area contributed by atoms with Gasteiger partial charge in [-0.25, -0.2) is 9.97 Å². The molecule has 0 amide bonds. The molecule has 3 fully saturated rings. The zero-order valence-electron chi connectivity index (χ0n) is 18.4. The summed E-state index contributed by atoms with van der Waals surface area (Å²) in [5.41, 5.74) is 0.596. The molecule has 0 aromatic carbocycles. The van der Waals surface area contributed by atoms with Gasteiger partial charge < -0.3 is 15.1 Å². The Labute approximate surface area is 198 Å². The van der Waals surface area contributed by atoms with E-state index in [4.69, 9.17) is 4.99 Å². The Bertz CT molecular complexity index is 655. The van der Waals surface area contributed by atoms with Crippen molar-refractivity contribution in [3.8, 4) is 0 Å². The lowest BCUT2D eigenvalue weighted by Gasteiger charge is -2.34. The number of hydrogen-bond donors (Lipinski definition) is 1. The molecule has 1 aromatic heterocycles. The summed E-state index contributed by atoms with van der Waals surface area (Å²) < 4.78 is 0. The molecule has 30 heavy (non-hydrogen) atoms. The normalized spacial score (nSPS) is 21.8. The van der Waals surface area contributed by atoms with Crippen LogP contribution in [-0.2, 0) is 0 Å². The van der Waals surface area contributed by atoms with Crippen LogP contribution in [0.3, 0.4) is 0 Å². The standard InChI is InChI=1S/C22H37N7.HI/c1-2-23-20(29-14-9-22(19-29)7-3-4-8-22)26-12-6-13-27-15-17-28(18-16-27)21-24-10-5-11-25-21;/h5,10-11H,2-4,6-9,12-19H2,1H3,(H,23,26);1H. The Balaban J connectivity index is 0.00000256. The number of aromatic nitrogens is 2. The van der Waals surface area contributed by atoms with E-state index in [9.17, 15) is 0 Å². The Hall–Kier alpha value is -1.16. The number of rotatable bonds is 6. The Kier molecular flexibility index (Phi) is 8.98. The molecule has 0 unspecified atom stereocenters. The van der Waals surface area contributed by atoms with Crippen molar-refractivity contribution in [3.63, 3.8) is 0 Å². The van der Waals surface area contributed by atoms with E-state index in [-0.39, 0.29) is 24.0 Å². The lowest BCUT2D eigenvalue weighted by molar-refractivity contribution is 0.255. The third kappa shape index (κ3) is 5.96. The third-order valence-electron chi connectivity index (χ3n) is 6.84. The lowest BCUT2D eigenvalue weighted by Crippen LogP contribution is -2.47. The number of halogens is 1. The third-order valence-corrected chi connectivity index (χ3v) is 6.84. The minimum Gasteiger partial charge on any atom is -0.357 e. The monoisotopic (exact) mass is 527 g/mol. The van der Waals surface area contributed by atoms with Gasteiger partial charge in [-0.1, -0.05) is 12.8 Å². The van der Waals surface area contributed by atoms with Crippen LogP contribution in [0.15, 0.2) is 23.5 Å². The molecule has 2 aliphatic heterocycles. The molecule has 0 radical (unpaired) electrons. The maximum absolute atomic E-state index is 4.97. The molecule has 1 aliphatic carbocycles. The molecule has 0 atom stereocenters. The fourth-order valence-electron chi connectivity index (χ4n) is 5.18. The van der Waals surface area contributed by atoms with Crippen LogP contribution in [0.2, 0.25) is 0 Å². The van der Waals surface area contributed by atoms with Gasteiger partial charge >= 0.3 is 0 Å². The molecule has 0 bridgehead atoms. The summed E-state index contributed by atoms with van der Waals surface area (Å²) in [6, 6.07) is 1.87. The van der Waals surface area contributed by atoms with Crippen LogP contribution in [0.4, 0.5) is 5.95 Å². The van der Waals surface area contributed by atoms with Gasteiger partial charge in [0.1, 0.15) is 0 Å². The average Bonchev–Trinajstić information content (AvgIpc) is 3.41. The van der Waals surface area contributed by atoms with Gasteiger partial charge in [0.2, 0.25) is 5.95 Å². The number of aliphatic imine (C=N–C) groups is 1. The van der Waals surface area contributed by atoms with Crippen molar-refractivity contribution < 1.29 is 0 Å². The van der Waals surface area contributed by atoms with Crippen molar-refractivity contribution in [2.45, 2.75) is 45.4 Å². The minimum atomic E-state index is 0. The van der Waals surface area contributed by atoms with E-state index >= 15 is 0 Å². The zero-order chi connectivity index (χ0) is 19.9. The molecule has 7 nitrogen and oxygen atoms in total. The predicted octanol–water partition coefficient (Wildman–Crippen LogP) is 2.84. The van der Waals surface area contributed by atoms with Crippen LogP contribution in [0.5, 0.6) is 0 Å². The van der Waals surface area contributed by atoms with Gasteiger partial charge in [-0.15, -0.1) is 24.0 Å². The second-order valence-electron chi connectivity index (χ2n) is 8.85. The Morgan fingerprint density at radius 3 is 2.50 bits per heavy atom. The van der Waals surface area contributed by atoms with Gasteiger partial charge in [-0.2, -0.15) is 0 Å².